The van der Waals surface area contributed by atoms with Crippen LogP contribution in [0.3, 0.4) is 0 Å². The molecular formula is C15H22ClN5O2. The van der Waals surface area contributed by atoms with E-state index in [9.17, 15) is 4.79 Å². The van der Waals surface area contributed by atoms with Crippen LogP contribution in [-0.2, 0) is 7.05 Å². The number of hydrogen-bond donors (Lipinski definition) is 1. The van der Waals surface area contributed by atoms with Gasteiger partial charge in [-0.25, -0.2) is 4.98 Å². The first-order valence-corrected chi connectivity index (χ1v) is 7.48. The second-order valence-corrected chi connectivity index (χ2v) is 5.81. The average molecular weight is 340 g/mol. The SMILES string of the molecule is Cc1oc(-c2cnn(C)c2)nc1C(=O)N1CCNC(C)C1C.Cl. The van der Waals surface area contributed by atoms with E-state index in [1.165, 1.54) is 0 Å². The Balaban J connectivity index is 0.00000192. The fraction of sp³-hybridized carbons (Fsp3) is 0.533. The minimum Gasteiger partial charge on any atom is -0.440 e. The molecule has 0 aromatic carbocycles. The molecule has 1 aliphatic rings. The predicted octanol–water partition coefficient (Wildman–Crippen LogP) is 1.63. The molecule has 2 atom stereocenters. The number of halogens is 1. The summed E-state index contributed by atoms with van der Waals surface area (Å²) in [7, 11) is 1.83. The number of amides is 1. The van der Waals surface area contributed by atoms with Crippen LogP contribution in [-0.4, -0.2) is 50.7 Å². The molecule has 1 aliphatic heterocycles. The van der Waals surface area contributed by atoms with Crippen LogP contribution in [0.5, 0.6) is 0 Å². The number of rotatable bonds is 2. The summed E-state index contributed by atoms with van der Waals surface area (Å²) in [6.07, 6.45) is 3.49. The molecule has 0 bridgehead atoms. The van der Waals surface area contributed by atoms with Gasteiger partial charge in [0.25, 0.3) is 5.91 Å². The first-order valence-electron chi connectivity index (χ1n) is 7.48. The van der Waals surface area contributed by atoms with Crippen molar-refractivity contribution in [2.75, 3.05) is 13.1 Å². The number of carbonyl (C=O) groups excluding carboxylic acids is 1. The molecular weight excluding hydrogens is 318 g/mol. The largest absolute Gasteiger partial charge is 0.440 e. The maximum atomic E-state index is 12.8. The Morgan fingerprint density at radius 2 is 2.17 bits per heavy atom. The minimum atomic E-state index is -0.0720. The van der Waals surface area contributed by atoms with E-state index in [-0.39, 0.29) is 30.4 Å². The number of nitrogens with one attached hydrogen (secondary N) is 1. The number of aryl methyl sites for hydroxylation is 2. The van der Waals surface area contributed by atoms with Crippen LogP contribution in [0.1, 0.15) is 30.1 Å². The Bertz CT molecular complexity index is 696. The molecule has 0 radical (unpaired) electrons. The summed E-state index contributed by atoms with van der Waals surface area (Å²) in [6, 6.07) is 0.391. The van der Waals surface area contributed by atoms with Crippen molar-refractivity contribution in [3.05, 3.63) is 23.8 Å². The van der Waals surface area contributed by atoms with Crippen molar-refractivity contribution in [3.8, 4) is 11.5 Å². The molecule has 8 heteroatoms. The zero-order chi connectivity index (χ0) is 15.9. The van der Waals surface area contributed by atoms with Gasteiger partial charge in [0, 0.05) is 38.4 Å². The molecule has 23 heavy (non-hydrogen) atoms. The van der Waals surface area contributed by atoms with Gasteiger partial charge in [-0.15, -0.1) is 12.4 Å². The maximum Gasteiger partial charge on any atom is 0.276 e. The maximum absolute atomic E-state index is 12.8. The van der Waals surface area contributed by atoms with Gasteiger partial charge in [-0.05, 0) is 20.8 Å². The van der Waals surface area contributed by atoms with E-state index in [4.69, 9.17) is 4.42 Å². The van der Waals surface area contributed by atoms with Crippen LogP contribution in [0.15, 0.2) is 16.8 Å². The van der Waals surface area contributed by atoms with E-state index >= 15 is 0 Å². The summed E-state index contributed by atoms with van der Waals surface area (Å²) in [5.74, 6) is 0.907. The van der Waals surface area contributed by atoms with Crippen molar-refractivity contribution in [1.29, 1.82) is 0 Å². The first kappa shape index (κ1) is 17.5. The monoisotopic (exact) mass is 339 g/mol. The topological polar surface area (TPSA) is 76.2 Å². The zero-order valence-corrected chi connectivity index (χ0v) is 14.6. The lowest BCUT2D eigenvalue weighted by Crippen LogP contribution is -2.57. The molecule has 1 N–H and O–H groups in total. The molecule has 126 valence electrons. The number of nitrogens with zero attached hydrogens (tertiary/aromatic N) is 4. The van der Waals surface area contributed by atoms with Crippen LogP contribution in [0.25, 0.3) is 11.5 Å². The van der Waals surface area contributed by atoms with Gasteiger partial charge in [-0.2, -0.15) is 5.10 Å². The lowest BCUT2D eigenvalue weighted by Gasteiger charge is -2.38. The second-order valence-electron chi connectivity index (χ2n) is 5.81. The van der Waals surface area contributed by atoms with Crippen LogP contribution in [0.2, 0.25) is 0 Å². The molecule has 0 saturated carbocycles. The highest BCUT2D eigenvalue weighted by Gasteiger charge is 2.31. The molecule has 0 spiro atoms. The summed E-state index contributed by atoms with van der Waals surface area (Å²) in [5, 5.41) is 7.47. The van der Waals surface area contributed by atoms with E-state index in [1.807, 2.05) is 25.1 Å². The number of aromatic nitrogens is 3. The van der Waals surface area contributed by atoms with Crippen molar-refractivity contribution >= 4 is 18.3 Å². The van der Waals surface area contributed by atoms with E-state index in [0.29, 0.717) is 23.9 Å². The van der Waals surface area contributed by atoms with Gasteiger partial charge in [0.15, 0.2) is 5.69 Å². The number of oxazole rings is 1. The van der Waals surface area contributed by atoms with Crippen molar-refractivity contribution in [2.24, 2.45) is 7.05 Å². The summed E-state index contributed by atoms with van der Waals surface area (Å²) >= 11 is 0. The lowest BCUT2D eigenvalue weighted by molar-refractivity contribution is 0.0596. The quantitative estimate of drug-likeness (QED) is 0.900. The van der Waals surface area contributed by atoms with Crippen molar-refractivity contribution < 1.29 is 9.21 Å². The number of carbonyl (C=O) groups is 1. The highest BCUT2D eigenvalue weighted by atomic mass is 35.5. The Morgan fingerprint density at radius 3 is 2.83 bits per heavy atom. The summed E-state index contributed by atoms with van der Waals surface area (Å²) < 4.78 is 7.34. The van der Waals surface area contributed by atoms with Crippen LogP contribution >= 0.6 is 12.4 Å². The second kappa shape index (κ2) is 6.72. The molecule has 2 unspecified atom stereocenters. The fourth-order valence-corrected chi connectivity index (χ4v) is 2.73. The van der Waals surface area contributed by atoms with Crippen molar-refractivity contribution in [3.63, 3.8) is 0 Å². The molecule has 1 fully saturated rings. The van der Waals surface area contributed by atoms with Gasteiger partial charge in [0.2, 0.25) is 5.89 Å². The van der Waals surface area contributed by atoms with Crippen molar-refractivity contribution in [2.45, 2.75) is 32.9 Å². The predicted molar refractivity (Wildman–Crippen MR) is 88.7 cm³/mol. The number of hydrogen-bond acceptors (Lipinski definition) is 5. The molecule has 0 aliphatic carbocycles. The number of piperazine rings is 1. The van der Waals surface area contributed by atoms with Gasteiger partial charge in [-0.1, -0.05) is 0 Å². The highest BCUT2D eigenvalue weighted by molar-refractivity contribution is 5.94. The Morgan fingerprint density at radius 1 is 1.43 bits per heavy atom. The molecule has 3 rings (SSSR count). The Hall–Kier alpha value is -1.86. The van der Waals surface area contributed by atoms with E-state index in [2.05, 4.69) is 22.3 Å². The molecule has 2 aromatic heterocycles. The summed E-state index contributed by atoms with van der Waals surface area (Å²) in [4.78, 5) is 19.0. The van der Waals surface area contributed by atoms with Gasteiger partial charge in [0.1, 0.15) is 5.76 Å². The Kier molecular flexibility index (Phi) is 5.11. The average Bonchev–Trinajstić information content (AvgIpc) is 3.07. The molecule has 2 aromatic rings. The first-order chi connectivity index (χ1) is 10.5. The third-order valence-electron chi connectivity index (χ3n) is 4.25. The smallest absolute Gasteiger partial charge is 0.276 e. The minimum absolute atomic E-state index is 0. The molecule has 7 nitrogen and oxygen atoms in total. The van der Waals surface area contributed by atoms with E-state index in [0.717, 1.165) is 12.1 Å². The van der Waals surface area contributed by atoms with Gasteiger partial charge in [0.05, 0.1) is 11.8 Å². The standard InChI is InChI=1S/C15H21N5O2.ClH/c1-9-10(2)20(6-5-16-9)15(21)13-11(3)22-14(18-13)12-7-17-19(4)8-12;/h7-10,16H,5-6H2,1-4H3;1H. The van der Waals surface area contributed by atoms with Gasteiger partial charge < -0.3 is 14.6 Å². The van der Waals surface area contributed by atoms with Gasteiger partial charge in [-0.3, -0.25) is 9.48 Å². The lowest BCUT2D eigenvalue weighted by atomic mass is 10.1. The van der Waals surface area contributed by atoms with Crippen LogP contribution in [0.4, 0.5) is 0 Å². The van der Waals surface area contributed by atoms with E-state index in [1.54, 1.807) is 17.8 Å². The van der Waals surface area contributed by atoms with Crippen molar-refractivity contribution in [1.82, 2.24) is 25.0 Å². The van der Waals surface area contributed by atoms with Gasteiger partial charge >= 0.3 is 0 Å². The summed E-state index contributed by atoms with van der Waals surface area (Å²) in [5.41, 5.74) is 1.16. The molecule has 3 heterocycles. The zero-order valence-electron chi connectivity index (χ0n) is 13.7. The third kappa shape index (κ3) is 3.25. The fourth-order valence-electron chi connectivity index (χ4n) is 2.73. The molecule has 1 amide bonds. The molecule has 1 saturated heterocycles. The Labute approximate surface area is 141 Å². The van der Waals surface area contributed by atoms with E-state index < -0.39 is 0 Å². The van der Waals surface area contributed by atoms with Crippen LogP contribution < -0.4 is 5.32 Å². The van der Waals surface area contributed by atoms with Crippen LogP contribution in [0, 0.1) is 6.92 Å². The third-order valence-corrected chi connectivity index (χ3v) is 4.25. The normalized spacial score (nSPS) is 21.1. The highest BCUT2D eigenvalue weighted by Crippen LogP contribution is 2.23. The summed E-state index contributed by atoms with van der Waals surface area (Å²) in [6.45, 7) is 7.38.